The Bertz CT molecular complexity index is 1460. The average molecular weight is 503 g/mol. The number of hydrogen-bond acceptors (Lipinski definition) is 7. The molecule has 0 bridgehead atoms. The molecule has 184 valence electrons. The Balaban J connectivity index is 1.38. The summed E-state index contributed by atoms with van der Waals surface area (Å²) in [4.78, 5) is 41.1. The lowest BCUT2D eigenvalue weighted by Crippen LogP contribution is -2.20. The summed E-state index contributed by atoms with van der Waals surface area (Å²) in [6.45, 7) is 3.68. The van der Waals surface area contributed by atoms with Crippen LogP contribution in [0.1, 0.15) is 34.0 Å². The largest absolute Gasteiger partial charge is 0.490 e. The van der Waals surface area contributed by atoms with Crippen molar-refractivity contribution >= 4 is 34.4 Å². The van der Waals surface area contributed by atoms with Crippen molar-refractivity contribution in [1.29, 1.82) is 0 Å². The van der Waals surface area contributed by atoms with Crippen LogP contribution in [-0.4, -0.2) is 34.5 Å². The number of aryl methyl sites for hydroxylation is 1. The van der Waals surface area contributed by atoms with Crippen molar-refractivity contribution in [2.45, 2.75) is 24.8 Å². The third-order valence-electron chi connectivity index (χ3n) is 5.63. The zero-order chi connectivity index (χ0) is 25.7. The number of thioether (sulfide) groups is 1. The number of rotatable bonds is 9. The van der Waals surface area contributed by atoms with Crippen LogP contribution in [0, 0.1) is 6.92 Å². The molecule has 0 radical (unpaired) electrons. The number of carbonyl (C=O) groups is 2. The van der Waals surface area contributed by atoms with E-state index >= 15 is 0 Å². The molecule has 0 saturated carbocycles. The highest BCUT2D eigenvalue weighted by Crippen LogP contribution is 2.23. The molecular formula is C28H26N2O5S. The Morgan fingerprint density at radius 2 is 1.61 bits per heavy atom. The monoisotopic (exact) mass is 502 g/mol. The fraction of sp³-hybridized carbons (Fsp3) is 0.214. The fourth-order valence-corrected chi connectivity index (χ4v) is 4.63. The van der Waals surface area contributed by atoms with Gasteiger partial charge in [-0.15, -0.1) is 0 Å². The molecular weight excluding hydrogens is 476 g/mol. The van der Waals surface area contributed by atoms with E-state index in [-0.39, 0.29) is 30.5 Å². The van der Waals surface area contributed by atoms with E-state index in [1.165, 1.54) is 18.7 Å². The predicted octanol–water partition coefficient (Wildman–Crippen LogP) is 4.71. The number of ketones is 1. The lowest BCUT2D eigenvalue weighted by atomic mass is 10.0. The maximum absolute atomic E-state index is 12.9. The van der Waals surface area contributed by atoms with Crippen LogP contribution in [0.3, 0.4) is 0 Å². The lowest BCUT2D eigenvalue weighted by molar-refractivity contribution is -0.141. The highest BCUT2D eigenvalue weighted by Gasteiger charge is 2.12. The van der Waals surface area contributed by atoms with Crippen molar-refractivity contribution in [1.82, 2.24) is 9.55 Å². The first-order valence-electron chi connectivity index (χ1n) is 11.4. The molecule has 0 aliphatic rings. The van der Waals surface area contributed by atoms with Crippen molar-refractivity contribution in [3.8, 4) is 5.75 Å². The van der Waals surface area contributed by atoms with Gasteiger partial charge in [0.25, 0.3) is 5.56 Å². The lowest BCUT2D eigenvalue weighted by Gasteiger charge is -2.10. The molecule has 8 heteroatoms. The summed E-state index contributed by atoms with van der Waals surface area (Å²) in [6, 6.07) is 20.0. The summed E-state index contributed by atoms with van der Waals surface area (Å²) in [5.74, 6) is 0.772. The van der Waals surface area contributed by atoms with E-state index in [9.17, 15) is 14.4 Å². The number of hydrogen-bond donors (Lipinski definition) is 0. The van der Waals surface area contributed by atoms with Crippen LogP contribution in [0.5, 0.6) is 5.75 Å². The normalized spacial score (nSPS) is 10.9. The Hall–Kier alpha value is -3.91. The van der Waals surface area contributed by atoms with E-state index < -0.39 is 0 Å². The van der Waals surface area contributed by atoms with Gasteiger partial charge < -0.3 is 9.47 Å². The quantitative estimate of drug-likeness (QED) is 0.108. The maximum Gasteiger partial charge on any atom is 0.302 e. The van der Waals surface area contributed by atoms with Gasteiger partial charge in [-0.2, -0.15) is 0 Å². The van der Waals surface area contributed by atoms with Crippen LogP contribution < -0.4 is 10.3 Å². The SMILES string of the molecule is CC(=O)OCCOc1ccc(C(=O)c2ccc(CSc3nc4cccc(C)c4c(=O)n3C)cc2)cc1. The topological polar surface area (TPSA) is 87.5 Å². The van der Waals surface area contributed by atoms with E-state index in [1.54, 1.807) is 48.0 Å². The van der Waals surface area contributed by atoms with Gasteiger partial charge in [0.1, 0.15) is 19.0 Å². The zero-order valence-electron chi connectivity index (χ0n) is 20.3. The van der Waals surface area contributed by atoms with Crippen LogP contribution in [0.4, 0.5) is 0 Å². The average Bonchev–Trinajstić information content (AvgIpc) is 2.88. The number of aromatic nitrogens is 2. The molecule has 0 atom stereocenters. The van der Waals surface area contributed by atoms with Crippen molar-refractivity contribution in [3.63, 3.8) is 0 Å². The summed E-state index contributed by atoms with van der Waals surface area (Å²) < 4.78 is 11.9. The van der Waals surface area contributed by atoms with E-state index in [0.717, 1.165) is 11.1 Å². The molecule has 0 aliphatic heterocycles. The highest BCUT2D eigenvalue weighted by atomic mass is 32.2. The maximum atomic E-state index is 12.9. The molecule has 0 fully saturated rings. The molecule has 3 aromatic carbocycles. The minimum absolute atomic E-state index is 0.0534. The smallest absolute Gasteiger partial charge is 0.302 e. The molecule has 0 spiro atoms. The summed E-state index contributed by atoms with van der Waals surface area (Å²) >= 11 is 1.48. The van der Waals surface area contributed by atoms with Crippen molar-refractivity contribution in [2.24, 2.45) is 7.05 Å². The van der Waals surface area contributed by atoms with E-state index in [4.69, 9.17) is 9.47 Å². The Kier molecular flexibility index (Phi) is 7.85. The van der Waals surface area contributed by atoms with E-state index in [1.807, 2.05) is 37.3 Å². The number of carbonyl (C=O) groups excluding carboxylic acids is 2. The third kappa shape index (κ3) is 5.83. The number of benzene rings is 3. The molecule has 1 aromatic heterocycles. The summed E-state index contributed by atoms with van der Waals surface area (Å²) in [6.07, 6.45) is 0. The van der Waals surface area contributed by atoms with Gasteiger partial charge in [-0.05, 0) is 48.4 Å². The minimum atomic E-state index is -0.352. The number of nitrogens with zero attached hydrogens (tertiary/aromatic N) is 2. The van der Waals surface area contributed by atoms with Gasteiger partial charge >= 0.3 is 5.97 Å². The number of ether oxygens (including phenoxy) is 2. The summed E-state index contributed by atoms with van der Waals surface area (Å²) in [7, 11) is 1.74. The second kappa shape index (κ2) is 11.2. The second-order valence-corrected chi connectivity index (χ2v) is 9.20. The third-order valence-corrected chi connectivity index (χ3v) is 6.73. The standard InChI is InChI=1S/C28H26N2O5S/c1-18-5-4-6-24-25(18)27(33)30(3)28(29-24)36-17-20-7-9-21(10-8-20)26(32)22-11-13-23(14-12-22)35-16-15-34-19(2)31/h4-14H,15-17H2,1-3H3. The van der Waals surface area contributed by atoms with Crippen LogP contribution >= 0.6 is 11.8 Å². The number of esters is 1. The molecule has 4 aromatic rings. The molecule has 0 aliphatic carbocycles. The Labute approximate surface area is 213 Å². The predicted molar refractivity (Wildman–Crippen MR) is 140 cm³/mol. The Morgan fingerprint density at radius 3 is 2.28 bits per heavy atom. The summed E-state index contributed by atoms with van der Waals surface area (Å²) in [5, 5.41) is 1.29. The van der Waals surface area contributed by atoms with Crippen LogP contribution in [0.25, 0.3) is 10.9 Å². The van der Waals surface area contributed by atoms with Crippen molar-refractivity contribution in [2.75, 3.05) is 13.2 Å². The molecule has 0 amide bonds. The second-order valence-electron chi connectivity index (χ2n) is 8.26. The van der Waals surface area contributed by atoms with Gasteiger partial charge in [-0.25, -0.2) is 4.98 Å². The minimum Gasteiger partial charge on any atom is -0.490 e. The highest BCUT2D eigenvalue weighted by molar-refractivity contribution is 7.98. The van der Waals surface area contributed by atoms with Gasteiger partial charge in [0.05, 0.1) is 10.9 Å². The molecule has 0 saturated heterocycles. The van der Waals surface area contributed by atoms with Gasteiger partial charge in [-0.3, -0.25) is 19.0 Å². The first-order valence-corrected chi connectivity index (χ1v) is 12.4. The van der Waals surface area contributed by atoms with Crippen molar-refractivity contribution < 1.29 is 19.1 Å². The number of fused-ring (bicyclic) bond motifs is 1. The molecule has 4 rings (SSSR count). The first kappa shape index (κ1) is 25.2. The summed E-state index contributed by atoms with van der Waals surface area (Å²) in [5.41, 5.74) is 3.71. The molecule has 7 nitrogen and oxygen atoms in total. The van der Waals surface area contributed by atoms with Gasteiger partial charge in [0, 0.05) is 30.9 Å². The van der Waals surface area contributed by atoms with Crippen LogP contribution in [0.2, 0.25) is 0 Å². The zero-order valence-corrected chi connectivity index (χ0v) is 21.1. The molecule has 36 heavy (non-hydrogen) atoms. The van der Waals surface area contributed by atoms with Crippen molar-refractivity contribution in [3.05, 3.63) is 99.3 Å². The molecule has 0 N–H and O–H groups in total. The van der Waals surface area contributed by atoms with Gasteiger partial charge in [0.15, 0.2) is 10.9 Å². The van der Waals surface area contributed by atoms with E-state index in [2.05, 4.69) is 4.98 Å². The Morgan fingerprint density at radius 1 is 0.944 bits per heavy atom. The first-order chi connectivity index (χ1) is 17.3. The van der Waals surface area contributed by atoms with Gasteiger partial charge in [-0.1, -0.05) is 48.2 Å². The fourth-order valence-electron chi connectivity index (χ4n) is 3.70. The van der Waals surface area contributed by atoms with Crippen LogP contribution in [-0.2, 0) is 22.3 Å². The molecule has 0 unspecified atom stereocenters. The van der Waals surface area contributed by atoms with Gasteiger partial charge in [0.2, 0.25) is 0 Å². The van der Waals surface area contributed by atoms with Crippen LogP contribution in [0.15, 0.2) is 76.7 Å². The molecule has 1 heterocycles. The van der Waals surface area contributed by atoms with E-state index in [0.29, 0.717) is 38.7 Å².